The Bertz CT molecular complexity index is 629. The molecule has 2 rings (SSSR count). The van der Waals surface area contributed by atoms with Gasteiger partial charge in [-0.15, -0.1) is 0 Å². The van der Waals surface area contributed by atoms with Crippen LogP contribution in [0.1, 0.15) is 24.9 Å². The summed E-state index contributed by atoms with van der Waals surface area (Å²) in [6.07, 6.45) is 0.155. The number of carbonyl (C=O) groups is 1. The van der Waals surface area contributed by atoms with E-state index in [0.29, 0.717) is 5.75 Å². The predicted molar refractivity (Wildman–Crippen MR) is 79.5 cm³/mol. The van der Waals surface area contributed by atoms with Gasteiger partial charge in [0.25, 0.3) is 0 Å². The molecule has 0 aliphatic heterocycles. The van der Waals surface area contributed by atoms with E-state index in [0.717, 1.165) is 5.56 Å². The molecule has 2 aromatic carbocycles. The first kappa shape index (κ1) is 15.9. The Labute approximate surface area is 127 Å². The molecule has 116 valence electrons. The molecule has 1 unspecified atom stereocenters. The van der Waals surface area contributed by atoms with Gasteiger partial charge in [-0.2, -0.15) is 0 Å². The van der Waals surface area contributed by atoms with E-state index in [4.69, 9.17) is 4.74 Å². The van der Waals surface area contributed by atoms with E-state index in [2.05, 4.69) is 5.32 Å². The number of hydrogen-bond acceptors (Lipinski definition) is 2. The van der Waals surface area contributed by atoms with Crippen molar-refractivity contribution in [2.75, 3.05) is 6.61 Å². The zero-order chi connectivity index (χ0) is 15.9. The summed E-state index contributed by atoms with van der Waals surface area (Å²) in [5.41, 5.74) is 0.820. The summed E-state index contributed by atoms with van der Waals surface area (Å²) in [5.74, 6) is -0.495. The third kappa shape index (κ3) is 4.84. The second-order valence-corrected chi connectivity index (χ2v) is 4.90. The molecule has 1 atom stereocenters. The van der Waals surface area contributed by atoms with E-state index < -0.39 is 0 Å². The first-order valence-electron chi connectivity index (χ1n) is 6.98. The quantitative estimate of drug-likeness (QED) is 0.885. The zero-order valence-corrected chi connectivity index (χ0v) is 12.2. The Morgan fingerprint density at radius 3 is 2.55 bits per heavy atom. The molecule has 0 spiro atoms. The first-order chi connectivity index (χ1) is 10.5. The molecule has 0 aliphatic rings. The maximum Gasteiger partial charge on any atom is 0.223 e. The Morgan fingerprint density at radius 2 is 1.86 bits per heavy atom. The van der Waals surface area contributed by atoms with Gasteiger partial charge in [0.05, 0.1) is 19.1 Å². The van der Waals surface area contributed by atoms with Crippen LogP contribution in [0.2, 0.25) is 0 Å². The molecule has 3 nitrogen and oxygen atoms in total. The smallest absolute Gasteiger partial charge is 0.223 e. The lowest BCUT2D eigenvalue weighted by atomic mass is 10.1. The van der Waals surface area contributed by atoms with Crippen molar-refractivity contribution in [2.45, 2.75) is 19.4 Å². The van der Waals surface area contributed by atoms with Crippen molar-refractivity contribution in [1.29, 1.82) is 0 Å². The monoisotopic (exact) mass is 305 g/mol. The summed E-state index contributed by atoms with van der Waals surface area (Å²) in [6, 6.07) is 11.5. The van der Waals surface area contributed by atoms with Gasteiger partial charge in [0.1, 0.15) is 17.4 Å². The van der Waals surface area contributed by atoms with Crippen LogP contribution in [0.5, 0.6) is 5.75 Å². The molecule has 22 heavy (non-hydrogen) atoms. The van der Waals surface area contributed by atoms with Crippen molar-refractivity contribution in [3.63, 3.8) is 0 Å². The highest BCUT2D eigenvalue weighted by molar-refractivity contribution is 5.76. The lowest BCUT2D eigenvalue weighted by Gasteiger charge is -2.14. The second kappa shape index (κ2) is 7.54. The van der Waals surface area contributed by atoms with Crippen LogP contribution in [0.4, 0.5) is 8.78 Å². The van der Waals surface area contributed by atoms with Gasteiger partial charge >= 0.3 is 0 Å². The first-order valence-corrected chi connectivity index (χ1v) is 6.98. The lowest BCUT2D eigenvalue weighted by Crippen LogP contribution is -2.27. The van der Waals surface area contributed by atoms with Crippen LogP contribution in [0, 0.1) is 11.6 Å². The second-order valence-electron chi connectivity index (χ2n) is 4.90. The van der Waals surface area contributed by atoms with Gasteiger partial charge < -0.3 is 10.1 Å². The van der Waals surface area contributed by atoms with Crippen LogP contribution in [0.15, 0.2) is 48.5 Å². The summed E-state index contributed by atoms with van der Waals surface area (Å²) in [5, 5.41) is 2.80. The summed E-state index contributed by atoms with van der Waals surface area (Å²) < 4.78 is 31.1. The molecule has 0 radical (unpaired) electrons. The van der Waals surface area contributed by atoms with Crippen molar-refractivity contribution in [3.8, 4) is 5.75 Å². The number of halogens is 2. The normalized spacial score (nSPS) is 11.8. The van der Waals surface area contributed by atoms with E-state index in [1.807, 2.05) is 6.92 Å². The number of nitrogens with one attached hydrogen (secondary N) is 1. The Morgan fingerprint density at radius 1 is 1.14 bits per heavy atom. The molecule has 0 aliphatic carbocycles. The molecule has 0 saturated heterocycles. The van der Waals surface area contributed by atoms with Crippen molar-refractivity contribution >= 4 is 5.91 Å². The number of rotatable bonds is 6. The Hall–Kier alpha value is -2.43. The van der Waals surface area contributed by atoms with Crippen LogP contribution >= 0.6 is 0 Å². The van der Waals surface area contributed by atoms with Crippen molar-refractivity contribution in [1.82, 2.24) is 5.32 Å². The fourth-order valence-electron chi connectivity index (χ4n) is 1.97. The fourth-order valence-corrected chi connectivity index (χ4v) is 1.97. The average molecular weight is 305 g/mol. The summed E-state index contributed by atoms with van der Waals surface area (Å²) >= 11 is 0. The molecule has 5 heteroatoms. The van der Waals surface area contributed by atoms with Crippen molar-refractivity contribution in [2.24, 2.45) is 0 Å². The molecule has 0 saturated carbocycles. The predicted octanol–water partition coefficient (Wildman–Crippen LogP) is 3.61. The minimum Gasteiger partial charge on any atom is -0.493 e. The number of benzene rings is 2. The minimum atomic E-state index is -0.383. The summed E-state index contributed by atoms with van der Waals surface area (Å²) in [4.78, 5) is 11.8. The van der Waals surface area contributed by atoms with E-state index in [9.17, 15) is 13.6 Å². The molecule has 1 N–H and O–H groups in total. The topological polar surface area (TPSA) is 38.3 Å². The van der Waals surface area contributed by atoms with Gasteiger partial charge in [0.15, 0.2) is 0 Å². The van der Waals surface area contributed by atoms with Crippen molar-refractivity contribution < 1.29 is 18.3 Å². The van der Waals surface area contributed by atoms with Crippen LogP contribution in [0.3, 0.4) is 0 Å². The number of hydrogen-bond donors (Lipinski definition) is 1. The van der Waals surface area contributed by atoms with Crippen LogP contribution < -0.4 is 10.1 Å². The lowest BCUT2D eigenvalue weighted by molar-refractivity contribution is -0.122. The molecule has 2 aromatic rings. The molecule has 0 aromatic heterocycles. The molecular weight excluding hydrogens is 288 g/mol. The maximum absolute atomic E-state index is 13.0. The summed E-state index contributed by atoms with van der Waals surface area (Å²) in [6.45, 7) is 1.98. The molecule has 0 heterocycles. The van der Waals surface area contributed by atoms with Gasteiger partial charge in [-0.05, 0) is 36.8 Å². The molecule has 1 amide bonds. The third-order valence-corrected chi connectivity index (χ3v) is 3.14. The van der Waals surface area contributed by atoms with E-state index >= 15 is 0 Å². The summed E-state index contributed by atoms with van der Waals surface area (Å²) in [7, 11) is 0. The largest absolute Gasteiger partial charge is 0.493 e. The fraction of sp³-hybridized carbons (Fsp3) is 0.235. The van der Waals surface area contributed by atoms with Crippen LogP contribution in [-0.4, -0.2) is 12.5 Å². The third-order valence-electron chi connectivity index (χ3n) is 3.14. The van der Waals surface area contributed by atoms with Gasteiger partial charge in [0, 0.05) is 6.07 Å². The number of amides is 1. The zero-order valence-electron chi connectivity index (χ0n) is 12.2. The maximum atomic E-state index is 13.0. The molecular formula is C17H17F2NO2. The van der Waals surface area contributed by atoms with E-state index in [1.165, 1.54) is 24.3 Å². The molecule has 0 bridgehead atoms. The van der Waals surface area contributed by atoms with Gasteiger partial charge in [0.2, 0.25) is 5.91 Å². The highest BCUT2D eigenvalue weighted by Crippen LogP contribution is 2.14. The van der Waals surface area contributed by atoms with E-state index in [-0.39, 0.29) is 36.6 Å². The van der Waals surface area contributed by atoms with Gasteiger partial charge in [-0.25, -0.2) is 8.78 Å². The van der Waals surface area contributed by atoms with Crippen LogP contribution in [0.25, 0.3) is 0 Å². The van der Waals surface area contributed by atoms with Crippen LogP contribution in [-0.2, 0) is 4.79 Å². The highest BCUT2D eigenvalue weighted by atomic mass is 19.1. The van der Waals surface area contributed by atoms with Gasteiger partial charge in [-0.1, -0.05) is 18.2 Å². The van der Waals surface area contributed by atoms with E-state index in [1.54, 1.807) is 24.3 Å². The number of carbonyl (C=O) groups excluding carboxylic acids is 1. The SMILES string of the molecule is CC(NC(=O)CCOc1cccc(F)c1)c1ccc(F)cc1. The highest BCUT2D eigenvalue weighted by Gasteiger charge is 2.09. The van der Waals surface area contributed by atoms with Crippen molar-refractivity contribution in [3.05, 3.63) is 65.7 Å². The standard InChI is InChI=1S/C17H17F2NO2/c1-12(13-5-7-14(18)8-6-13)20-17(21)9-10-22-16-4-2-3-15(19)11-16/h2-8,11-12H,9-10H2,1H3,(H,20,21). The molecule has 0 fully saturated rings. The van der Waals surface area contributed by atoms with Gasteiger partial charge in [-0.3, -0.25) is 4.79 Å². The average Bonchev–Trinajstić information content (AvgIpc) is 2.48. The Balaban J connectivity index is 1.76. The number of ether oxygens (including phenoxy) is 1. The Kier molecular flexibility index (Phi) is 5.47. The minimum absolute atomic E-state index is 0.155.